The second-order valence-corrected chi connectivity index (χ2v) is 6.15. The molecular weight excluding hydrogens is 296 g/mol. The summed E-state index contributed by atoms with van der Waals surface area (Å²) in [4.78, 5) is 26.1. The lowest BCUT2D eigenvalue weighted by Crippen LogP contribution is -2.40. The predicted octanol–water partition coefficient (Wildman–Crippen LogP) is 0.934. The maximum Gasteiger partial charge on any atom is 0.272 e. The molecule has 0 saturated heterocycles. The number of ether oxygens (including phenoxy) is 1. The maximum atomic E-state index is 12.3. The third-order valence-electron chi connectivity index (χ3n) is 4.50. The minimum absolute atomic E-state index is 0.0174. The van der Waals surface area contributed by atoms with Gasteiger partial charge in [0.25, 0.3) is 5.91 Å². The predicted molar refractivity (Wildman–Crippen MR) is 83.9 cm³/mol. The van der Waals surface area contributed by atoms with Gasteiger partial charge in [0.05, 0.1) is 18.8 Å². The van der Waals surface area contributed by atoms with Crippen LogP contribution in [0.25, 0.3) is 0 Å². The fraction of sp³-hybridized carbons (Fsp3) is 0.688. The second kappa shape index (κ2) is 7.12. The van der Waals surface area contributed by atoms with Crippen molar-refractivity contribution in [3.8, 4) is 0 Å². The molecule has 0 bridgehead atoms. The molecule has 0 spiro atoms. The fourth-order valence-corrected chi connectivity index (χ4v) is 3.20. The Morgan fingerprint density at radius 3 is 2.87 bits per heavy atom. The van der Waals surface area contributed by atoms with Crippen molar-refractivity contribution in [1.29, 1.82) is 0 Å². The number of rotatable bonds is 5. The van der Waals surface area contributed by atoms with E-state index < -0.39 is 0 Å². The molecule has 1 aliphatic carbocycles. The van der Waals surface area contributed by atoms with Gasteiger partial charge in [-0.2, -0.15) is 5.10 Å². The molecule has 3 rings (SSSR count). The summed E-state index contributed by atoms with van der Waals surface area (Å²) in [5.41, 5.74) is 1.35. The number of amides is 2. The number of nitrogens with zero attached hydrogens (tertiary/aromatic N) is 3. The Balaban J connectivity index is 1.61. The second-order valence-electron chi connectivity index (χ2n) is 6.15. The van der Waals surface area contributed by atoms with Crippen molar-refractivity contribution in [3.63, 3.8) is 0 Å². The Kier molecular flexibility index (Phi) is 4.95. The van der Waals surface area contributed by atoms with E-state index in [0.717, 1.165) is 18.5 Å². The topological polar surface area (TPSA) is 76.5 Å². The number of fused-ring (bicyclic) bond motifs is 1. The Morgan fingerprint density at radius 2 is 2.13 bits per heavy atom. The largest absolute Gasteiger partial charge is 0.372 e. The van der Waals surface area contributed by atoms with Crippen molar-refractivity contribution in [1.82, 2.24) is 20.0 Å². The highest BCUT2D eigenvalue weighted by atomic mass is 16.5. The van der Waals surface area contributed by atoms with Gasteiger partial charge in [0.1, 0.15) is 6.61 Å². The van der Waals surface area contributed by atoms with Gasteiger partial charge in [-0.15, -0.1) is 0 Å². The molecule has 2 heterocycles. The number of nitrogens with one attached hydrogen (secondary N) is 1. The van der Waals surface area contributed by atoms with E-state index >= 15 is 0 Å². The lowest BCUT2D eigenvalue weighted by molar-refractivity contribution is -0.137. The quantitative estimate of drug-likeness (QED) is 0.876. The van der Waals surface area contributed by atoms with E-state index in [1.54, 1.807) is 11.0 Å². The molecule has 1 N–H and O–H groups in total. The molecular formula is C16H24N4O3. The summed E-state index contributed by atoms with van der Waals surface area (Å²) in [6.07, 6.45) is 4.47. The van der Waals surface area contributed by atoms with Gasteiger partial charge in [0, 0.05) is 19.2 Å². The van der Waals surface area contributed by atoms with Crippen LogP contribution in [0.15, 0.2) is 6.07 Å². The monoisotopic (exact) mass is 320 g/mol. The zero-order valence-electron chi connectivity index (χ0n) is 13.6. The summed E-state index contributed by atoms with van der Waals surface area (Å²) < 4.78 is 7.00. The SMILES string of the molecule is CCOCC(=O)N1CCn2nc(C(=O)NC3CCCC3)cc2C1. The van der Waals surface area contributed by atoms with Crippen molar-refractivity contribution < 1.29 is 14.3 Å². The molecule has 126 valence electrons. The van der Waals surface area contributed by atoms with E-state index in [1.165, 1.54) is 12.8 Å². The van der Waals surface area contributed by atoms with Gasteiger partial charge in [-0.05, 0) is 25.8 Å². The van der Waals surface area contributed by atoms with Crippen molar-refractivity contribution in [3.05, 3.63) is 17.5 Å². The van der Waals surface area contributed by atoms with Crippen LogP contribution in [-0.4, -0.2) is 52.3 Å². The van der Waals surface area contributed by atoms with E-state index in [0.29, 0.717) is 31.9 Å². The molecule has 1 fully saturated rings. The smallest absolute Gasteiger partial charge is 0.272 e. The Labute approximate surface area is 136 Å². The van der Waals surface area contributed by atoms with Crippen LogP contribution < -0.4 is 5.32 Å². The minimum atomic E-state index is -0.106. The zero-order chi connectivity index (χ0) is 16.2. The Hall–Kier alpha value is -1.89. The van der Waals surface area contributed by atoms with Crippen LogP contribution in [0.2, 0.25) is 0 Å². The average molecular weight is 320 g/mol. The molecule has 2 amide bonds. The van der Waals surface area contributed by atoms with E-state index in [1.807, 2.05) is 11.6 Å². The number of hydrogen-bond acceptors (Lipinski definition) is 4. The first kappa shape index (κ1) is 16.0. The van der Waals surface area contributed by atoms with Gasteiger partial charge in [0.2, 0.25) is 5.91 Å². The molecule has 0 unspecified atom stereocenters. The van der Waals surface area contributed by atoms with E-state index in [9.17, 15) is 9.59 Å². The first-order valence-corrected chi connectivity index (χ1v) is 8.40. The number of aromatic nitrogens is 2. The highest BCUT2D eigenvalue weighted by Crippen LogP contribution is 2.19. The van der Waals surface area contributed by atoms with Gasteiger partial charge >= 0.3 is 0 Å². The molecule has 0 aromatic carbocycles. The van der Waals surface area contributed by atoms with Crippen LogP contribution in [0.4, 0.5) is 0 Å². The van der Waals surface area contributed by atoms with Crippen LogP contribution in [0.3, 0.4) is 0 Å². The van der Waals surface area contributed by atoms with Crippen LogP contribution >= 0.6 is 0 Å². The van der Waals surface area contributed by atoms with Crippen LogP contribution in [0.5, 0.6) is 0 Å². The first-order valence-electron chi connectivity index (χ1n) is 8.40. The number of hydrogen-bond donors (Lipinski definition) is 1. The van der Waals surface area contributed by atoms with Gasteiger partial charge in [0.15, 0.2) is 5.69 Å². The standard InChI is InChI=1S/C16H24N4O3/c1-2-23-11-15(21)19-7-8-20-13(10-19)9-14(18-20)16(22)17-12-5-3-4-6-12/h9,12H,2-8,10-11H2,1H3,(H,17,22). The van der Waals surface area contributed by atoms with Gasteiger partial charge < -0.3 is 15.0 Å². The lowest BCUT2D eigenvalue weighted by atomic mass is 10.2. The van der Waals surface area contributed by atoms with Crippen molar-refractivity contribution in [2.75, 3.05) is 19.8 Å². The molecule has 7 nitrogen and oxygen atoms in total. The van der Waals surface area contributed by atoms with E-state index in [-0.39, 0.29) is 24.5 Å². The molecule has 1 saturated carbocycles. The summed E-state index contributed by atoms with van der Waals surface area (Å²) in [6.45, 7) is 4.21. The van der Waals surface area contributed by atoms with Gasteiger partial charge in [-0.3, -0.25) is 14.3 Å². The van der Waals surface area contributed by atoms with E-state index in [2.05, 4.69) is 10.4 Å². The third kappa shape index (κ3) is 3.72. The third-order valence-corrected chi connectivity index (χ3v) is 4.50. The van der Waals surface area contributed by atoms with Gasteiger partial charge in [-0.25, -0.2) is 0 Å². The summed E-state index contributed by atoms with van der Waals surface area (Å²) in [7, 11) is 0. The number of carbonyl (C=O) groups excluding carboxylic acids is 2. The van der Waals surface area contributed by atoms with Crippen molar-refractivity contribution in [2.45, 2.75) is 51.7 Å². The first-order chi connectivity index (χ1) is 11.2. The maximum absolute atomic E-state index is 12.3. The lowest BCUT2D eigenvalue weighted by Gasteiger charge is -2.27. The van der Waals surface area contributed by atoms with Crippen LogP contribution in [-0.2, 0) is 22.6 Å². The molecule has 1 aromatic rings. The summed E-state index contributed by atoms with van der Waals surface area (Å²) in [5, 5.41) is 7.43. The summed E-state index contributed by atoms with van der Waals surface area (Å²) >= 11 is 0. The fourth-order valence-electron chi connectivity index (χ4n) is 3.20. The molecule has 2 aliphatic rings. The number of carbonyl (C=O) groups is 2. The molecule has 1 aromatic heterocycles. The summed E-state index contributed by atoms with van der Waals surface area (Å²) in [5.74, 6) is -0.123. The molecule has 23 heavy (non-hydrogen) atoms. The van der Waals surface area contributed by atoms with Crippen molar-refractivity contribution in [2.24, 2.45) is 0 Å². The highest BCUT2D eigenvalue weighted by molar-refractivity contribution is 5.92. The van der Waals surface area contributed by atoms with Gasteiger partial charge in [-0.1, -0.05) is 12.8 Å². The average Bonchev–Trinajstić information content (AvgIpc) is 3.20. The molecule has 0 atom stereocenters. The molecule has 7 heteroatoms. The zero-order valence-corrected chi connectivity index (χ0v) is 13.6. The summed E-state index contributed by atoms with van der Waals surface area (Å²) in [6, 6.07) is 2.08. The van der Waals surface area contributed by atoms with E-state index in [4.69, 9.17) is 4.74 Å². The highest BCUT2D eigenvalue weighted by Gasteiger charge is 2.25. The normalized spacial score (nSPS) is 18.0. The molecule has 1 aliphatic heterocycles. The van der Waals surface area contributed by atoms with Crippen LogP contribution in [0, 0.1) is 0 Å². The van der Waals surface area contributed by atoms with Crippen molar-refractivity contribution >= 4 is 11.8 Å². The van der Waals surface area contributed by atoms with Crippen LogP contribution in [0.1, 0.15) is 48.8 Å². The minimum Gasteiger partial charge on any atom is -0.372 e. The Morgan fingerprint density at radius 1 is 1.35 bits per heavy atom. The Bertz CT molecular complexity index is 578. The molecule has 0 radical (unpaired) electrons.